The molecule has 0 saturated carbocycles. The number of benzene rings is 1. The van der Waals surface area contributed by atoms with Crippen LogP contribution in [-0.4, -0.2) is 48.0 Å². The van der Waals surface area contributed by atoms with Gasteiger partial charge in [0.25, 0.3) is 0 Å². The van der Waals surface area contributed by atoms with Crippen molar-refractivity contribution >= 4 is 11.8 Å². The summed E-state index contributed by atoms with van der Waals surface area (Å²) >= 11 is 0. The number of nitrogens with zero attached hydrogens (tertiary/aromatic N) is 1. The average molecular weight is 277 g/mol. The molecule has 0 aromatic heterocycles. The molecule has 0 bridgehead atoms. The molecular formula is C15H19NO4. The van der Waals surface area contributed by atoms with Crippen molar-refractivity contribution in [2.75, 3.05) is 20.2 Å². The van der Waals surface area contributed by atoms with Crippen LogP contribution >= 0.6 is 0 Å². The molecule has 108 valence electrons. The molecule has 0 radical (unpaired) electrons. The van der Waals surface area contributed by atoms with Gasteiger partial charge in [-0.05, 0) is 43.7 Å². The molecule has 1 saturated heterocycles. The normalized spacial score (nSPS) is 18.9. The number of aliphatic carboxylic acids is 1. The number of rotatable bonds is 6. The summed E-state index contributed by atoms with van der Waals surface area (Å²) in [6.45, 7) is 1.26. The maximum absolute atomic E-state index is 12.1. The van der Waals surface area contributed by atoms with Gasteiger partial charge in [-0.25, -0.2) is 0 Å². The molecule has 1 heterocycles. The van der Waals surface area contributed by atoms with Crippen LogP contribution in [-0.2, 0) is 4.79 Å². The van der Waals surface area contributed by atoms with E-state index in [0.29, 0.717) is 30.7 Å². The summed E-state index contributed by atoms with van der Waals surface area (Å²) in [6, 6.07) is 6.55. The second-order valence-corrected chi connectivity index (χ2v) is 4.93. The summed E-state index contributed by atoms with van der Waals surface area (Å²) in [6.07, 6.45) is 1.90. The number of carbonyl (C=O) groups excluding carboxylic acids is 1. The monoisotopic (exact) mass is 277 g/mol. The number of carbonyl (C=O) groups is 2. The molecule has 1 aliphatic rings. The van der Waals surface area contributed by atoms with Gasteiger partial charge >= 0.3 is 5.97 Å². The van der Waals surface area contributed by atoms with E-state index in [4.69, 9.17) is 9.84 Å². The number of carboxylic acids is 1. The molecule has 1 atom stereocenters. The SMILES string of the molecule is COc1ccc(C(=O)CCN2CCC[C@@H]2C(=O)O)cc1. The van der Waals surface area contributed by atoms with Crippen LogP contribution in [0.5, 0.6) is 5.75 Å². The topological polar surface area (TPSA) is 66.8 Å². The van der Waals surface area contributed by atoms with Crippen molar-refractivity contribution in [2.45, 2.75) is 25.3 Å². The molecule has 0 unspecified atom stereocenters. The van der Waals surface area contributed by atoms with Crippen LogP contribution in [0.1, 0.15) is 29.6 Å². The van der Waals surface area contributed by atoms with Gasteiger partial charge in [0.1, 0.15) is 11.8 Å². The quantitative estimate of drug-likeness (QED) is 0.803. The Morgan fingerprint density at radius 1 is 1.35 bits per heavy atom. The summed E-state index contributed by atoms with van der Waals surface area (Å²) in [5.74, 6) is -0.0462. The van der Waals surface area contributed by atoms with Gasteiger partial charge < -0.3 is 9.84 Å². The van der Waals surface area contributed by atoms with E-state index >= 15 is 0 Å². The number of ketones is 1. The van der Waals surface area contributed by atoms with Crippen LogP contribution < -0.4 is 4.74 Å². The van der Waals surface area contributed by atoms with Crippen molar-refractivity contribution in [3.63, 3.8) is 0 Å². The van der Waals surface area contributed by atoms with E-state index < -0.39 is 12.0 Å². The predicted octanol–water partition coefficient (Wildman–Crippen LogP) is 1.82. The molecule has 5 nitrogen and oxygen atoms in total. The van der Waals surface area contributed by atoms with Crippen molar-refractivity contribution in [3.05, 3.63) is 29.8 Å². The van der Waals surface area contributed by atoms with Crippen LogP contribution in [0.3, 0.4) is 0 Å². The number of methoxy groups -OCH3 is 1. The molecule has 0 aliphatic carbocycles. The number of likely N-dealkylation sites (tertiary alicyclic amines) is 1. The zero-order valence-corrected chi connectivity index (χ0v) is 11.5. The van der Waals surface area contributed by atoms with Gasteiger partial charge in [0.15, 0.2) is 5.78 Å². The fourth-order valence-electron chi connectivity index (χ4n) is 2.54. The largest absolute Gasteiger partial charge is 0.497 e. The van der Waals surface area contributed by atoms with E-state index in [-0.39, 0.29) is 5.78 Å². The number of Topliss-reactive ketones (excluding diaryl/α,β-unsaturated/α-hetero) is 1. The highest BCUT2D eigenvalue weighted by Crippen LogP contribution is 2.18. The number of ether oxygens (including phenoxy) is 1. The Labute approximate surface area is 118 Å². The van der Waals surface area contributed by atoms with E-state index in [0.717, 1.165) is 13.0 Å². The first kappa shape index (κ1) is 14.5. The minimum atomic E-state index is -0.792. The third kappa shape index (κ3) is 3.36. The molecule has 0 amide bonds. The lowest BCUT2D eigenvalue weighted by molar-refractivity contribution is -0.142. The first-order valence-electron chi connectivity index (χ1n) is 6.76. The maximum atomic E-state index is 12.1. The van der Waals surface area contributed by atoms with Crippen molar-refractivity contribution in [2.24, 2.45) is 0 Å². The van der Waals surface area contributed by atoms with Gasteiger partial charge in [-0.3, -0.25) is 14.5 Å². The predicted molar refractivity (Wildman–Crippen MR) is 74.2 cm³/mol. The van der Waals surface area contributed by atoms with Crippen molar-refractivity contribution < 1.29 is 19.4 Å². The minimum absolute atomic E-state index is 0.0312. The smallest absolute Gasteiger partial charge is 0.320 e. The van der Waals surface area contributed by atoms with Gasteiger partial charge in [-0.2, -0.15) is 0 Å². The first-order valence-corrected chi connectivity index (χ1v) is 6.76. The Bertz CT molecular complexity index is 483. The number of hydrogen-bond acceptors (Lipinski definition) is 4. The second kappa shape index (κ2) is 6.52. The van der Waals surface area contributed by atoms with E-state index in [9.17, 15) is 9.59 Å². The van der Waals surface area contributed by atoms with Crippen molar-refractivity contribution in [1.82, 2.24) is 4.90 Å². The Balaban J connectivity index is 1.89. The summed E-state index contributed by atoms with van der Waals surface area (Å²) in [5, 5.41) is 9.08. The number of carboxylic acid groups (broad SMARTS) is 1. The van der Waals surface area contributed by atoms with Gasteiger partial charge in [0.2, 0.25) is 0 Å². The highest BCUT2D eigenvalue weighted by molar-refractivity contribution is 5.96. The third-order valence-corrected chi connectivity index (χ3v) is 3.69. The van der Waals surface area contributed by atoms with Crippen molar-refractivity contribution in [3.8, 4) is 5.75 Å². The summed E-state index contributed by atoms with van der Waals surface area (Å²) in [7, 11) is 1.58. The molecule has 1 aromatic rings. The summed E-state index contributed by atoms with van der Waals surface area (Å²) < 4.78 is 5.05. The molecule has 1 aromatic carbocycles. The Hall–Kier alpha value is -1.88. The lowest BCUT2D eigenvalue weighted by atomic mass is 10.1. The van der Waals surface area contributed by atoms with Crippen LogP contribution in [0.25, 0.3) is 0 Å². The van der Waals surface area contributed by atoms with Crippen LogP contribution in [0.2, 0.25) is 0 Å². The van der Waals surface area contributed by atoms with Crippen LogP contribution in [0.15, 0.2) is 24.3 Å². The molecule has 1 N–H and O–H groups in total. The van der Waals surface area contributed by atoms with Gasteiger partial charge in [-0.15, -0.1) is 0 Å². The zero-order valence-electron chi connectivity index (χ0n) is 11.5. The summed E-state index contributed by atoms with van der Waals surface area (Å²) in [5.41, 5.74) is 0.636. The maximum Gasteiger partial charge on any atom is 0.320 e. The Morgan fingerprint density at radius 2 is 2.05 bits per heavy atom. The Morgan fingerprint density at radius 3 is 2.65 bits per heavy atom. The number of hydrogen-bond donors (Lipinski definition) is 1. The lowest BCUT2D eigenvalue weighted by Crippen LogP contribution is -2.37. The minimum Gasteiger partial charge on any atom is -0.497 e. The molecule has 5 heteroatoms. The van der Waals surface area contributed by atoms with Crippen molar-refractivity contribution in [1.29, 1.82) is 0 Å². The highest BCUT2D eigenvalue weighted by atomic mass is 16.5. The van der Waals surface area contributed by atoms with Crippen LogP contribution in [0, 0.1) is 0 Å². The van der Waals surface area contributed by atoms with E-state index in [1.54, 1.807) is 31.4 Å². The molecular weight excluding hydrogens is 258 g/mol. The van der Waals surface area contributed by atoms with E-state index in [1.165, 1.54) is 0 Å². The third-order valence-electron chi connectivity index (χ3n) is 3.69. The summed E-state index contributed by atoms with van der Waals surface area (Å²) in [4.78, 5) is 25.0. The highest BCUT2D eigenvalue weighted by Gasteiger charge is 2.30. The van der Waals surface area contributed by atoms with Gasteiger partial charge in [0.05, 0.1) is 7.11 Å². The molecule has 1 fully saturated rings. The molecule has 2 rings (SSSR count). The van der Waals surface area contributed by atoms with Gasteiger partial charge in [-0.1, -0.05) is 0 Å². The first-order chi connectivity index (χ1) is 9.61. The van der Waals surface area contributed by atoms with Crippen LogP contribution in [0.4, 0.5) is 0 Å². The second-order valence-electron chi connectivity index (χ2n) is 4.93. The molecule has 20 heavy (non-hydrogen) atoms. The molecule has 0 spiro atoms. The van der Waals surface area contributed by atoms with E-state index in [1.807, 2.05) is 4.90 Å². The Kier molecular flexibility index (Phi) is 4.74. The zero-order chi connectivity index (χ0) is 14.5. The fourth-order valence-corrected chi connectivity index (χ4v) is 2.54. The van der Waals surface area contributed by atoms with E-state index in [2.05, 4.69) is 0 Å². The lowest BCUT2D eigenvalue weighted by Gasteiger charge is -2.20. The molecule has 1 aliphatic heterocycles. The standard InChI is InChI=1S/C15H19NO4/c1-20-12-6-4-11(5-7-12)14(17)8-10-16-9-2-3-13(16)15(18)19/h4-7,13H,2-3,8-10H2,1H3,(H,18,19)/t13-/m1/s1. The average Bonchev–Trinajstić information content (AvgIpc) is 2.93. The van der Waals surface area contributed by atoms with Gasteiger partial charge in [0, 0.05) is 18.5 Å². The fraction of sp³-hybridized carbons (Fsp3) is 0.467.